The van der Waals surface area contributed by atoms with Gasteiger partial charge in [-0.05, 0) is 57.7 Å². The zero-order valence-corrected chi connectivity index (χ0v) is 17.5. The van der Waals surface area contributed by atoms with Crippen molar-refractivity contribution < 1.29 is 9.53 Å². The summed E-state index contributed by atoms with van der Waals surface area (Å²) in [4.78, 5) is 29.4. The lowest BCUT2D eigenvalue weighted by atomic mass is 9.93. The van der Waals surface area contributed by atoms with E-state index in [1.807, 2.05) is 31.4 Å². The summed E-state index contributed by atoms with van der Waals surface area (Å²) in [5.41, 5.74) is 3.11. The second-order valence-corrected chi connectivity index (χ2v) is 8.77. The molecule has 0 spiro atoms. The number of carbonyl (C=O) groups excluding carboxylic acids is 1. The molecule has 0 radical (unpaired) electrons. The van der Waals surface area contributed by atoms with Gasteiger partial charge >= 0.3 is 6.09 Å². The monoisotopic (exact) mass is 396 g/mol. The molecule has 0 atom stereocenters. The van der Waals surface area contributed by atoms with Crippen molar-refractivity contribution in [3.05, 3.63) is 45.9 Å². The summed E-state index contributed by atoms with van der Waals surface area (Å²) in [6.45, 7) is 8.94. The Morgan fingerprint density at radius 3 is 2.62 bits per heavy atom. The van der Waals surface area contributed by atoms with Crippen molar-refractivity contribution in [3.8, 4) is 0 Å². The summed E-state index contributed by atoms with van der Waals surface area (Å²) in [5, 5.41) is 5.72. The normalized spacial score (nSPS) is 15.9. The standard InChI is InChI=1S/C22H28N4O3/c1-5-14-6-7-17-16(12-14)20-23-19(27)13-18(26(20)24-17)15-8-10-25(11-9-15)21(28)29-22(2,3)4/h6-7,12-13,15H,5,8-11H2,1-4H3,(H,23,27). The molecule has 1 aliphatic rings. The first-order valence-electron chi connectivity index (χ1n) is 10.3. The van der Waals surface area contributed by atoms with Crippen LogP contribution in [0.4, 0.5) is 4.79 Å². The quantitative estimate of drug-likeness (QED) is 0.713. The summed E-state index contributed by atoms with van der Waals surface area (Å²) in [7, 11) is 0. The molecule has 3 heterocycles. The second-order valence-electron chi connectivity index (χ2n) is 8.77. The minimum Gasteiger partial charge on any atom is -0.444 e. The first kappa shape index (κ1) is 19.5. The third kappa shape index (κ3) is 3.86. The average molecular weight is 396 g/mol. The van der Waals surface area contributed by atoms with E-state index in [1.165, 1.54) is 5.56 Å². The van der Waals surface area contributed by atoms with Crippen molar-refractivity contribution in [2.24, 2.45) is 0 Å². The Hall–Kier alpha value is -2.83. The van der Waals surface area contributed by atoms with Crippen LogP contribution in [0.3, 0.4) is 0 Å². The van der Waals surface area contributed by atoms with E-state index in [0.29, 0.717) is 13.1 Å². The topological polar surface area (TPSA) is 79.7 Å². The minimum absolute atomic E-state index is 0.120. The van der Waals surface area contributed by atoms with Gasteiger partial charge in [-0.15, -0.1) is 0 Å². The number of likely N-dealkylation sites (tertiary alicyclic amines) is 1. The largest absolute Gasteiger partial charge is 0.444 e. The van der Waals surface area contributed by atoms with Crippen molar-refractivity contribution in [2.45, 2.75) is 58.5 Å². The summed E-state index contributed by atoms with van der Waals surface area (Å²) < 4.78 is 7.36. The molecule has 0 bridgehead atoms. The van der Waals surface area contributed by atoms with E-state index < -0.39 is 5.60 Å². The highest BCUT2D eigenvalue weighted by Gasteiger charge is 2.29. The lowest BCUT2D eigenvalue weighted by molar-refractivity contribution is 0.0203. The Balaban J connectivity index is 1.63. The van der Waals surface area contributed by atoms with Gasteiger partial charge in [0.25, 0.3) is 5.56 Å². The number of nitrogens with one attached hydrogen (secondary N) is 1. The van der Waals surface area contributed by atoms with Crippen molar-refractivity contribution in [2.75, 3.05) is 13.1 Å². The van der Waals surface area contributed by atoms with E-state index in [9.17, 15) is 9.59 Å². The van der Waals surface area contributed by atoms with Crippen LogP contribution in [0.15, 0.2) is 29.1 Å². The minimum atomic E-state index is -0.501. The lowest BCUT2D eigenvalue weighted by Crippen LogP contribution is -2.41. The zero-order chi connectivity index (χ0) is 20.8. The number of carbonyl (C=O) groups is 1. The highest BCUT2D eigenvalue weighted by atomic mass is 16.6. The maximum Gasteiger partial charge on any atom is 0.410 e. The maximum absolute atomic E-state index is 12.4. The summed E-state index contributed by atoms with van der Waals surface area (Å²) in [6.07, 6.45) is 2.20. The summed E-state index contributed by atoms with van der Waals surface area (Å²) in [5.74, 6) is 0.165. The number of fused-ring (bicyclic) bond motifs is 3. The van der Waals surface area contributed by atoms with Gasteiger partial charge in [-0.1, -0.05) is 13.0 Å². The molecule has 7 heteroatoms. The van der Waals surface area contributed by atoms with E-state index >= 15 is 0 Å². The number of amides is 1. The van der Waals surface area contributed by atoms with Crippen molar-refractivity contribution in [1.29, 1.82) is 0 Å². The molecule has 1 saturated heterocycles. The molecular weight excluding hydrogens is 368 g/mol. The van der Waals surface area contributed by atoms with Crippen LogP contribution in [0.1, 0.15) is 57.7 Å². The molecule has 29 heavy (non-hydrogen) atoms. The van der Waals surface area contributed by atoms with E-state index in [1.54, 1.807) is 11.0 Å². The van der Waals surface area contributed by atoms with Crippen LogP contribution in [0.5, 0.6) is 0 Å². The molecule has 1 amide bonds. The van der Waals surface area contributed by atoms with Gasteiger partial charge in [0.1, 0.15) is 11.2 Å². The lowest BCUT2D eigenvalue weighted by Gasteiger charge is -2.33. The van der Waals surface area contributed by atoms with E-state index in [4.69, 9.17) is 9.84 Å². The van der Waals surface area contributed by atoms with Gasteiger partial charge in [0.15, 0.2) is 0 Å². The van der Waals surface area contributed by atoms with Crippen molar-refractivity contribution >= 4 is 22.6 Å². The van der Waals surface area contributed by atoms with Crippen LogP contribution in [0, 0.1) is 0 Å². The third-order valence-electron chi connectivity index (χ3n) is 5.47. The number of hydrogen-bond donors (Lipinski definition) is 1. The Labute approximate surface area is 169 Å². The van der Waals surface area contributed by atoms with Crippen molar-refractivity contribution in [1.82, 2.24) is 19.5 Å². The number of benzene rings is 1. The SMILES string of the molecule is CCc1ccc2nn3c(C4CCN(C(=O)OC(C)(C)C)CC4)cc(=O)[nH]c3c2c1. The number of aryl methyl sites for hydroxylation is 1. The van der Waals surface area contributed by atoms with Crippen LogP contribution in [0.2, 0.25) is 0 Å². The van der Waals surface area contributed by atoms with Crippen LogP contribution in [-0.4, -0.2) is 44.3 Å². The van der Waals surface area contributed by atoms with E-state index in [0.717, 1.165) is 41.5 Å². The molecule has 4 rings (SSSR count). The predicted octanol–water partition coefficient (Wildman–Crippen LogP) is 3.85. The fourth-order valence-corrected chi connectivity index (χ4v) is 3.98. The second kappa shape index (κ2) is 7.21. The molecule has 154 valence electrons. The van der Waals surface area contributed by atoms with Crippen molar-refractivity contribution in [3.63, 3.8) is 0 Å². The number of hydrogen-bond acceptors (Lipinski definition) is 4. The highest BCUT2D eigenvalue weighted by Crippen LogP contribution is 2.30. The molecule has 1 fully saturated rings. The molecule has 0 aliphatic carbocycles. The Bertz CT molecular complexity index is 1110. The Morgan fingerprint density at radius 1 is 1.24 bits per heavy atom. The molecule has 3 aromatic rings. The molecule has 7 nitrogen and oxygen atoms in total. The van der Waals surface area contributed by atoms with Crippen LogP contribution < -0.4 is 5.56 Å². The average Bonchev–Trinajstić information content (AvgIpc) is 3.03. The maximum atomic E-state index is 12.4. The molecular formula is C22H28N4O3. The number of H-pyrrole nitrogens is 1. The Kier molecular flexibility index (Phi) is 4.84. The number of ether oxygens (including phenoxy) is 1. The van der Waals surface area contributed by atoms with Gasteiger partial charge in [0.05, 0.1) is 11.2 Å². The molecule has 2 aromatic heterocycles. The van der Waals surface area contributed by atoms with Gasteiger partial charge in [-0.25, -0.2) is 9.31 Å². The van der Waals surface area contributed by atoms with E-state index in [-0.39, 0.29) is 17.6 Å². The third-order valence-corrected chi connectivity index (χ3v) is 5.47. The Morgan fingerprint density at radius 2 is 1.97 bits per heavy atom. The van der Waals surface area contributed by atoms with Crippen LogP contribution in [0.25, 0.3) is 16.6 Å². The number of aromatic nitrogens is 3. The number of aromatic amines is 1. The van der Waals surface area contributed by atoms with Gasteiger partial charge in [-0.2, -0.15) is 5.10 Å². The van der Waals surface area contributed by atoms with Crippen LogP contribution in [-0.2, 0) is 11.2 Å². The fourth-order valence-electron chi connectivity index (χ4n) is 3.98. The van der Waals surface area contributed by atoms with Gasteiger partial charge < -0.3 is 14.6 Å². The van der Waals surface area contributed by atoms with Gasteiger partial charge in [0.2, 0.25) is 0 Å². The first-order chi connectivity index (χ1) is 13.7. The predicted molar refractivity (Wildman–Crippen MR) is 112 cm³/mol. The molecule has 0 unspecified atom stereocenters. The molecule has 1 aliphatic heterocycles. The van der Waals surface area contributed by atoms with E-state index in [2.05, 4.69) is 24.0 Å². The fraction of sp³-hybridized carbons (Fsp3) is 0.500. The zero-order valence-electron chi connectivity index (χ0n) is 17.5. The first-order valence-corrected chi connectivity index (χ1v) is 10.3. The smallest absolute Gasteiger partial charge is 0.410 e. The van der Waals surface area contributed by atoms with Gasteiger partial charge in [-0.3, -0.25) is 4.79 Å². The highest BCUT2D eigenvalue weighted by molar-refractivity contribution is 5.92. The summed E-state index contributed by atoms with van der Waals surface area (Å²) in [6, 6.07) is 7.83. The number of rotatable bonds is 2. The molecule has 1 N–H and O–H groups in total. The van der Waals surface area contributed by atoms with Crippen LogP contribution >= 0.6 is 0 Å². The summed E-state index contributed by atoms with van der Waals surface area (Å²) >= 11 is 0. The number of piperidine rings is 1. The molecule has 0 saturated carbocycles. The molecule has 1 aromatic carbocycles. The van der Waals surface area contributed by atoms with Gasteiger partial charge in [0, 0.05) is 30.5 Å². The number of nitrogens with zero attached hydrogens (tertiary/aromatic N) is 3.